The van der Waals surface area contributed by atoms with E-state index in [1.165, 1.54) is 0 Å². The lowest BCUT2D eigenvalue weighted by atomic mass is 9.81. The first-order valence-electron chi connectivity index (χ1n) is 7.76. The van der Waals surface area contributed by atoms with Crippen LogP contribution in [0.5, 0.6) is 0 Å². The van der Waals surface area contributed by atoms with Gasteiger partial charge < -0.3 is 10.2 Å². The summed E-state index contributed by atoms with van der Waals surface area (Å²) in [7, 11) is 0. The first kappa shape index (κ1) is 14.1. The van der Waals surface area contributed by atoms with Crippen molar-refractivity contribution in [2.75, 3.05) is 18.4 Å². The summed E-state index contributed by atoms with van der Waals surface area (Å²) >= 11 is 0. The number of benzene rings is 1. The van der Waals surface area contributed by atoms with Gasteiger partial charge in [-0.1, -0.05) is 32.0 Å². The molecule has 112 valence electrons. The van der Waals surface area contributed by atoms with E-state index in [2.05, 4.69) is 5.32 Å². The Kier molecular flexibility index (Phi) is 3.70. The van der Waals surface area contributed by atoms with Crippen molar-refractivity contribution in [3.63, 3.8) is 0 Å². The average Bonchev–Trinajstić information content (AvgIpc) is 2.82. The van der Waals surface area contributed by atoms with Crippen LogP contribution in [0.25, 0.3) is 0 Å². The molecule has 0 bridgehead atoms. The predicted molar refractivity (Wildman–Crippen MR) is 82.0 cm³/mol. The summed E-state index contributed by atoms with van der Waals surface area (Å²) in [6, 6.07) is 7.90. The quantitative estimate of drug-likeness (QED) is 0.908. The molecule has 0 spiro atoms. The van der Waals surface area contributed by atoms with Crippen molar-refractivity contribution in [2.45, 2.75) is 32.6 Å². The number of hydrogen-bond donors (Lipinski definition) is 1. The van der Waals surface area contributed by atoms with Gasteiger partial charge in [0.15, 0.2) is 0 Å². The van der Waals surface area contributed by atoms with E-state index in [0.29, 0.717) is 6.54 Å². The van der Waals surface area contributed by atoms with E-state index in [0.717, 1.165) is 30.6 Å². The second kappa shape index (κ2) is 5.51. The molecule has 4 heteroatoms. The minimum absolute atomic E-state index is 0.0217. The number of nitrogens with zero attached hydrogens (tertiary/aromatic N) is 1. The standard InChI is InChI=1S/C17H22N2O2/c1-11(2)17(21)19-9-5-6-12(10-19)15-13-7-3-4-8-14(13)18-16(15)20/h3-4,7-8,11-12,15H,5-6,9-10H2,1-2H3,(H,18,20)/t12-,15+/m1/s1. The molecule has 0 unspecified atom stereocenters. The molecule has 1 aromatic carbocycles. The second-order valence-corrected chi connectivity index (χ2v) is 6.40. The summed E-state index contributed by atoms with van der Waals surface area (Å²) in [5.41, 5.74) is 2.02. The topological polar surface area (TPSA) is 49.4 Å². The van der Waals surface area contributed by atoms with Gasteiger partial charge in [0.1, 0.15) is 0 Å². The van der Waals surface area contributed by atoms with E-state index in [1.54, 1.807) is 0 Å². The first-order valence-corrected chi connectivity index (χ1v) is 7.76. The third kappa shape index (κ3) is 2.55. The zero-order chi connectivity index (χ0) is 15.0. The molecule has 3 rings (SSSR count). The van der Waals surface area contributed by atoms with Crippen molar-refractivity contribution in [1.29, 1.82) is 0 Å². The number of amides is 2. The Morgan fingerprint density at radius 1 is 1.33 bits per heavy atom. The summed E-state index contributed by atoms with van der Waals surface area (Å²) in [6.07, 6.45) is 1.99. The molecule has 2 heterocycles. The van der Waals surface area contributed by atoms with Gasteiger partial charge in [-0.3, -0.25) is 9.59 Å². The van der Waals surface area contributed by atoms with Gasteiger partial charge >= 0.3 is 0 Å². The van der Waals surface area contributed by atoms with Crippen LogP contribution in [0.15, 0.2) is 24.3 Å². The zero-order valence-corrected chi connectivity index (χ0v) is 12.6. The number of anilines is 1. The Bertz CT molecular complexity index is 568. The smallest absolute Gasteiger partial charge is 0.232 e. The second-order valence-electron chi connectivity index (χ2n) is 6.40. The van der Waals surface area contributed by atoms with E-state index < -0.39 is 0 Å². The molecule has 2 aliphatic heterocycles. The highest BCUT2D eigenvalue weighted by molar-refractivity contribution is 6.03. The van der Waals surface area contributed by atoms with Crippen molar-refractivity contribution in [1.82, 2.24) is 4.90 Å². The van der Waals surface area contributed by atoms with Crippen LogP contribution in [-0.4, -0.2) is 29.8 Å². The summed E-state index contributed by atoms with van der Waals surface area (Å²) in [5.74, 6) is 0.425. The predicted octanol–water partition coefficient (Wildman–Crippen LogP) is 2.62. The van der Waals surface area contributed by atoms with Crippen molar-refractivity contribution >= 4 is 17.5 Å². The average molecular weight is 286 g/mol. The monoisotopic (exact) mass is 286 g/mol. The minimum Gasteiger partial charge on any atom is -0.342 e. The molecule has 0 aliphatic carbocycles. The Morgan fingerprint density at radius 3 is 2.86 bits per heavy atom. The number of hydrogen-bond acceptors (Lipinski definition) is 2. The Morgan fingerprint density at radius 2 is 2.10 bits per heavy atom. The van der Waals surface area contributed by atoms with Gasteiger partial charge in [-0.15, -0.1) is 0 Å². The van der Waals surface area contributed by atoms with Crippen LogP contribution in [0.3, 0.4) is 0 Å². The van der Waals surface area contributed by atoms with Crippen LogP contribution in [0.2, 0.25) is 0 Å². The lowest BCUT2D eigenvalue weighted by molar-refractivity contribution is -0.137. The largest absolute Gasteiger partial charge is 0.342 e. The number of carbonyl (C=O) groups is 2. The van der Waals surface area contributed by atoms with Gasteiger partial charge in [0.25, 0.3) is 0 Å². The van der Waals surface area contributed by atoms with E-state index in [9.17, 15) is 9.59 Å². The fourth-order valence-electron chi connectivity index (χ4n) is 3.55. The van der Waals surface area contributed by atoms with Crippen LogP contribution in [0.1, 0.15) is 38.2 Å². The maximum absolute atomic E-state index is 12.3. The van der Waals surface area contributed by atoms with E-state index in [4.69, 9.17) is 0 Å². The lowest BCUT2D eigenvalue weighted by Crippen LogP contribution is -2.44. The van der Waals surface area contributed by atoms with Gasteiger partial charge in [-0.2, -0.15) is 0 Å². The summed E-state index contributed by atoms with van der Waals surface area (Å²) in [4.78, 5) is 26.5. The highest BCUT2D eigenvalue weighted by Gasteiger charge is 2.39. The lowest BCUT2D eigenvalue weighted by Gasteiger charge is -2.36. The highest BCUT2D eigenvalue weighted by atomic mass is 16.2. The zero-order valence-electron chi connectivity index (χ0n) is 12.6. The maximum atomic E-state index is 12.3. The maximum Gasteiger partial charge on any atom is 0.232 e. The molecule has 2 aliphatic rings. The van der Waals surface area contributed by atoms with E-state index >= 15 is 0 Å². The van der Waals surface area contributed by atoms with Gasteiger partial charge in [0.2, 0.25) is 11.8 Å². The summed E-state index contributed by atoms with van der Waals surface area (Å²) in [6.45, 7) is 5.39. The van der Waals surface area contributed by atoms with Crippen LogP contribution in [-0.2, 0) is 9.59 Å². The molecule has 4 nitrogen and oxygen atoms in total. The third-order valence-corrected chi connectivity index (χ3v) is 4.57. The number of piperidine rings is 1. The van der Waals surface area contributed by atoms with E-state index in [1.807, 2.05) is 43.0 Å². The number of likely N-dealkylation sites (tertiary alicyclic amines) is 1. The fraction of sp³-hybridized carbons (Fsp3) is 0.529. The fourth-order valence-corrected chi connectivity index (χ4v) is 3.55. The number of carbonyl (C=O) groups excluding carboxylic acids is 2. The van der Waals surface area contributed by atoms with Gasteiger partial charge in [-0.25, -0.2) is 0 Å². The minimum atomic E-state index is -0.107. The molecule has 2 atom stereocenters. The summed E-state index contributed by atoms with van der Waals surface area (Å²) in [5, 5.41) is 2.97. The Hall–Kier alpha value is -1.84. The summed E-state index contributed by atoms with van der Waals surface area (Å²) < 4.78 is 0. The highest BCUT2D eigenvalue weighted by Crippen LogP contribution is 2.40. The molecule has 1 saturated heterocycles. The first-order chi connectivity index (χ1) is 10.1. The molecular weight excluding hydrogens is 264 g/mol. The molecule has 2 amide bonds. The molecule has 1 fully saturated rings. The SMILES string of the molecule is CC(C)C(=O)N1CCC[C@@H]([C@@H]2C(=O)Nc3ccccc32)C1. The van der Waals surface area contributed by atoms with Crippen LogP contribution in [0.4, 0.5) is 5.69 Å². The molecule has 1 N–H and O–H groups in total. The molecule has 0 aromatic heterocycles. The van der Waals surface area contributed by atoms with Crippen molar-refractivity contribution in [3.05, 3.63) is 29.8 Å². The normalized spacial score (nSPS) is 24.9. The van der Waals surface area contributed by atoms with Gasteiger partial charge in [0.05, 0.1) is 5.92 Å². The Labute approximate surface area is 125 Å². The molecule has 0 radical (unpaired) electrons. The van der Waals surface area contributed by atoms with Crippen LogP contribution < -0.4 is 5.32 Å². The number of rotatable bonds is 2. The number of fused-ring (bicyclic) bond motifs is 1. The number of para-hydroxylation sites is 1. The molecular formula is C17H22N2O2. The van der Waals surface area contributed by atoms with Crippen LogP contribution in [0, 0.1) is 11.8 Å². The van der Waals surface area contributed by atoms with Crippen LogP contribution >= 0.6 is 0 Å². The number of nitrogens with one attached hydrogen (secondary N) is 1. The van der Waals surface area contributed by atoms with Gasteiger partial charge in [-0.05, 0) is 30.4 Å². The van der Waals surface area contributed by atoms with Gasteiger partial charge in [0, 0.05) is 24.7 Å². The third-order valence-electron chi connectivity index (χ3n) is 4.57. The van der Waals surface area contributed by atoms with Crippen molar-refractivity contribution in [2.24, 2.45) is 11.8 Å². The molecule has 1 aromatic rings. The Balaban J connectivity index is 1.81. The molecule has 0 saturated carbocycles. The van der Waals surface area contributed by atoms with Crippen molar-refractivity contribution in [3.8, 4) is 0 Å². The van der Waals surface area contributed by atoms with E-state index in [-0.39, 0.29) is 29.6 Å². The molecule has 21 heavy (non-hydrogen) atoms. The van der Waals surface area contributed by atoms with Crippen molar-refractivity contribution < 1.29 is 9.59 Å².